The SMILES string of the molecule is NCC1CC2(CCCC2)c2c(Cl)cccc21. The Bertz CT molecular complexity index is 407. The molecule has 2 N–H and O–H groups in total. The average Bonchev–Trinajstić information content (AvgIpc) is 2.87. The minimum absolute atomic E-state index is 0.373. The molecule has 0 heterocycles. The monoisotopic (exact) mass is 235 g/mol. The summed E-state index contributed by atoms with van der Waals surface area (Å²) in [5.41, 5.74) is 9.14. The van der Waals surface area contributed by atoms with Gasteiger partial charge in [0.2, 0.25) is 0 Å². The van der Waals surface area contributed by atoms with E-state index in [1.165, 1.54) is 43.2 Å². The molecule has 0 aromatic heterocycles. The van der Waals surface area contributed by atoms with Crippen molar-refractivity contribution < 1.29 is 0 Å². The van der Waals surface area contributed by atoms with E-state index in [-0.39, 0.29) is 0 Å². The van der Waals surface area contributed by atoms with Crippen LogP contribution >= 0.6 is 11.6 Å². The van der Waals surface area contributed by atoms with Gasteiger partial charge in [0.15, 0.2) is 0 Å². The summed E-state index contributed by atoms with van der Waals surface area (Å²) >= 11 is 6.42. The Hall–Kier alpha value is -0.530. The largest absolute Gasteiger partial charge is 0.330 e. The molecule has 2 aliphatic rings. The van der Waals surface area contributed by atoms with Gasteiger partial charge in [-0.15, -0.1) is 0 Å². The molecular weight excluding hydrogens is 218 g/mol. The quantitative estimate of drug-likeness (QED) is 0.791. The third-order valence-corrected chi connectivity index (χ3v) is 4.81. The number of rotatable bonds is 1. The molecule has 1 unspecified atom stereocenters. The second-order valence-corrected chi connectivity index (χ2v) is 5.74. The van der Waals surface area contributed by atoms with E-state index in [0.717, 1.165) is 11.6 Å². The van der Waals surface area contributed by atoms with Crippen LogP contribution in [0.3, 0.4) is 0 Å². The van der Waals surface area contributed by atoms with Gasteiger partial charge in [0.1, 0.15) is 0 Å². The Labute approximate surface area is 102 Å². The highest BCUT2D eigenvalue weighted by Gasteiger charge is 2.45. The fourth-order valence-corrected chi connectivity index (χ4v) is 4.22. The van der Waals surface area contributed by atoms with Crippen molar-refractivity contribution in [1.82, 2.24) is 0 Å². The maximum absolute atomic E-state index is 6.42. The Morgan fingerprint density at radius 2 is 2.06 bits per heavy atom. The summed E-state index contributed by atoms with van der Waals surface area (Å²) in [6, 6.07) is 6.34. The molecule has 0 aliphatic heterocycles. The van der Waals surface area contributed by atoms with Crippen molar-refractivity contribution in [2.45, 2.75) is 43.4 Å². The van der Waals surface area contributed by atoms with Crippen LogP contribution in [0.2, 0.25) is 5.02 Å². The van der Waals surface area contributed by atoms with Gasteiger partial charge in [-0.25, -0.2) is 0 Å². The molecule has 0 radical (unpaired) electrons. The fraction of sp³-hybridized carbons (Fsp3) is 0.571. The molecule has 1 nitrogen and oxygen atoms in total. The van der Waals surface area contributed by atoms with Gasteiger partial charge in [-0.3, -0.25) is 0 Å². The minimum Gasteiger partial charge on any atom is -0.330 e. The van der Waals surface area contributed by atoms with E-state index in [0.29, 0.717) is 11.3 Å². The van der Waals surface area contributed by atoms with E-state index in [9.17, 15) is 0 Å². The lowest BCUT2D eigenvalue weighted by Crippen LogP contribution is -2.19. The zero-order chi connectivity index (χ0) is 11.2. The van der Waals surface area contributed by atoms with Crippen molar-refractivity contribution in [1.29, 1.82) is 0 Å². The van der Waals surface area contributed by atoms with E-state index < -0.39 is 0 Å². The van der Waals surface area contributed by atoms with Crippen molar-refractivity contribution >= 4 is 11.6 Å². The third kappa shape index (κ3) is 1.34. The lowest BCUT2D eigenvalue weighted by atomic mass is 9.80. The van der Waals surface area contributed by atoms with Crippen molar-refractivity contribution in [3.05, 3.63) is 34.3 Å². The molecule has 3 rings (SSSR count). The molecule has 1 aromatic rings. The number of halogens is 1. The maximum atomic E-state index is 6.42. The van der Waals surface area contributed by atoms with Crippen LogP contribution in [-0.2, 0) is 5.41 Å². The topological polar surface area (TPSA) is 26.0 Å². The molecule has 1 spiro atoms. The van der Waals surface area contributed by atoms with Crippen LogP contribution < -0.4 is 5.73 Å². The van der Waals surface area contributed by atoms with E-state index >= 15 is 0 Å². The van der Waals surface area contributed by atoms with Crippen molar-refractivity contribution in [2.75, 3.05) is 6.54 Å². The minimum atomic E-state index is 0.373. The first-order valence-corrected chi connectivity index (χ1v) is 6.64. The Morgan fingerprint density at radius 1 is 1.31 bits per heavy atom. The van der Waals surface area contributed by atoms with Crippen molar-refractivity contribution in [3.63, 3.8) is 0 Å². The summed E-state index contributed by atoms with van der Waals surface area (Å²) in [5, 5.41) is 0.968. The highest BCUT2D eigenvalue weighted by atomic mass is 35.5. The summed E-state index contributed by atoms with van der Waals surface area (Å²) < 4.78 is 0. The highest BCUT2D eigenvalue weighted by Crippen LogP contribution is 2.56. The van der Waals surface area contributed by atoms with Crippen molar-refractivity contribution in [2.24, 2.45) is 5.73 Å². The van der Waals surface area contributed by atoms with E-state index in [1.807, 2.05) is 6.07 Å². The number of fused-ring (bicyclic) bond motifs is 2. The maximum Gasteiger partial charge on any atom is 0.0446 e. The second kappa shape index (κ2) is 3.75. The first-order valence-electron chi connectivity index (χ1n) is 6.26. The van der Waals surface area contributed by atoms with Gasteiger partial charge in [-0.05, 0) is 54.3 Å². The van der Waals surface area contributed by atoms with E-state index in [2.05, 4.69) is 12.1 Å². The second-order valence-electron chi connectivity index (χ2n) is 5.33. The van der Waals surface area contributed by atoms with Gasteiger partial charge in [0, 0.05) is 5.02 Å². The van der Waals surface area contributed by atoms with Gasteiger partial charge < -0.3 is 5.73 Å². The Morgan fingerprint density at radius 3 is 2.75 bits per heavy atom. The summed E-state index contributed by atoms with van der Waals surface area (Å²) in [6.07, 6.45) is 6.53. The Balaban J connectivity index is 2.15. The van der Waals surface area contributed by atoms with Crippen LogP contribution in [0.5, 0.6) is 0 Å². The molecule has 16 heavy (non-hydrogen) atoms. The molecule has 1 atom stereocenters. The van der Waals surface area contributed by atoms with Crippen LogP contribution in [0.1, 0.15) is 49.1 Å². The predicted molar refractivity (Wildman–Crippen MR) is 68.0 cm³/mol. The lowest BCUT2D eigenvalue weighted by molar-refractivity contribution is 0.410. The summed E-state index contributed by atoms with van der Waals surface area (Å²) in [5.74, 6) is 0.534. The fourth-order valence-electron chi connectivity index (χ4n) is 3.84. The normalized spacial score (nSPS) is 26.2. The third-order valence-electron chi connectivity index (χ3n) is 4.50. The molecule has 86 valence electrons. The molecule has 2 heteroatoms. The molecule has 0 bridgehead atoms. The number of hydrogen-bond acceptors (Lipinski definition) is 1. The first kappa shape index (κ1) is 10.6. The van der Waals surface area contributed by atoms with Gasteiger partial charge in [0.05, 0.1) is 0 Å². The van der Waals surface area contributed by atoms with E-state index in [4.69, 9.17) is 17.3 Å². The number of benzene rings is 1. The van der Waals surface area contributed by atoms with Gasteiger partial charge in [-0.2, -0.15) is 0 Å². The summed E-state index contributed by atoms with van der Waals surface area (Å²) in [4.78, 5) is 0. The molecule has 1 saturated carbocycles. The molecule has 1 fully saturated rings. The van der Waals surface area contributed by atoms with Crippen LogP contribution in [-0.4, -0.2) is 6.54 Å². The van der Waals surface area contributed by atoms with Crippen LogP contribution in [0, 0.1) is 0 Å². The van der Waals surface area contributed by atoms with Crippen LogP contribution in [0.4, 0.5) is 0 Å². The predicted octanol–water partition coefficient (Wildman–Crippen LogP) is 3.60. The highest BCUT2D eigenvalue weighted by molar-refractivity contribution is 6.31. The standard InChI is InChI=1S/C14H18ClN/c15-12-5-3-4-11-10(9-16)8-14(13(11)12)6-1-2-7-14/h3-5,10H,1-2,6-9,16H2. The molecule has 0 saturated heterocycles. The summed E-state index contributed by atoms with van der Waals surface area (Å²) in [6.45, 7) is 0.759. The van der Waals surface area contributed by atoms with Crippen molar-refractivity contribution in [3.8, 4) is 0 Å². The molecule has 0 amide bonds. The number of nitrogens with two attached hydrogens (primary N) is 1. The average molecular weight is 236 g/mol. The lowest BCUT2D eigenvalue weighted by Gasteiger charge is -2.25. The van der Waals surface area contributed by atoms with Crippen LogP contribution in [0.15, 0.2) is 18.2 Å². The first-order chi connectivity index (χ1) is 7.77. The van der Waals surface area contributed by atoms with Gasteiger partial charge >= 0.3 is 0 Å². The Kier molecular flexibility index (Phi) is 2.49. The van der Waals surface area contributed by atoms with Crippen LogP contribution in [0.25, 0.3) is 0 Å². The molecular formula is C14H18ClN. The zero-order valence-electron chi connectivity index (χ0n) is 9.51. The number of hydrogen-bond donors (Lipinski definition) is 1. The smallest absolute Gasteiger partial charge is 0.0446 e. The zero-order valence-corrected chi connectivity index (χ0v) is 10.3. The molecule has 2 aliphatic carbocycles. The van der Waals surface area contributed by atoms with Gasteiger partial charge in [-0.1, -0.05) is 36.6 Å². The summed E-state index contributed by atoms with van der Waals surface area (Å²) in [7, 11) is 0. The van der Waals surface area contributed by atoms with Gasteiger partial charge in [0.25, 0.3) is 0 Å². The van der Waals surface area contributed by atoms with E-state index in [1.54, 1.807) is 0 Å². The molecule has 1 aromatic carbocycles.